The van der Waals surface area contributed by atoms with Crippen LogP contribution < -0.4 is 0 Å². The highest BCUT2D eigenvalue weighted by atomic mass is 32.2. The van der Waals surface area contributed by atoms with Gasteiger partial charge in [-0.3, -0.25) is 4.21 Å². The van der Waals surface area contributed by atoms with E-state index in [1.165, 1.54) is 62.5 Å². The molecule has 0 aliphatic heterocycles. The molecule has 1 aromatic carbocycles. The van der Waals surface area contributed by atoms with Gasteiger partial charge in [-0.15, -0.1) is 0 Å². The smallest absolute Gasteiger partial charge is 0.159 e. The van der Waals surface area contributed by atoms with Gasteiger partial charge in [-0.25, -0.2) is 8.60 Å². The first-order valence-corrected chi connectivity index (χ1v) is 14.6. The van der Waals surface area contributed by atoms with E-state index in [-0.39, 0.29) is 11.6 Å². The maximum atomic E-state index is 12.9. The number of halogens is 1. The molecule has 3 nitrogen and oxygen atoms in total. The summed E-state index contributed by atoms with van der Waals surface area (Å²) >= 11 is -1.97. The average Bonchev–Trinajstić information content (AvgIpc) is 2.77. The van der Waals surface area contributed by atoms with E-state index in [0.717, 1.165) is 37.7 Å². The van der Waals surface area contributed by atoms with E-state index in [2.05, 4.69) is 19.1 Å². The third-order valence-electron chi connectivity index (χ3n) is 5.43. The molecule has 0 heterocycles. The lowest BCUT2D eigenvalue weighted by Crippen LogP contribution is -2.11. The van der Waals surface area contributed by atoms with E-state index in [1.807, 2.05) is 0 Å². The lowest BCUT2D eigenvalue weighted by Gasteiger charge is -2.08. The highest BCUT2D eigenvalue weighted by Gasteiger charge is 2.11. The monoisotopic (exact) mass is 484 g/mol. The second-order valence-corrected chi connectivity index (χ2v) is 10.8. The van der Waals surface area contributed by atoms with E-state index < -0.39 is 27.1 Å². The number of hydrogen-bond donors (Lipinski definition) is 1. The molecule has 0 amide bonds. The van der Waals surface area contributed by atoms with E-state index in [4.69, 9.17) is 0 Å². The summed E-state index contributed by atoms with van der Waals surface area (Å²) in [7, 11) is -1.29. The van der Waals surface area contributed by atoms with Crippen LogP contribution in [0.25, 0.3) is 0 Å². The molecular formula is C26H41FO3S2. The maximum Gasteiger partial charge on any atom is 0.159 e. The molecule has 32 heavy (non-hydrogen) atoms. The topological polar surface area (TPSA) is 54.4 Å². The summed E-state index contributed by atoms with van der Waals surface area (Å²) in [6.07, 6.45) is 21.3. The molecule has 0 bridgehead atoms. The van der Waals surface area contributed by atoms with Crippen molar-refractivity contribution >= 4 is 21.9 Å². The minimum absolute atomic E-state index is 0.272. The zero-order chi connectivity index (χ0) is 23.4. The quantitative estimate of drug-likeness (QED) is 0.124. The Hall–Kier alpha value is -1.11. The predicted octanol–water partition coefficient (Wildman–Crippen LogP) is 7.83. The van der Waals surface area contributed by atoms with Gasteiger partial charge in [0.15, 0.2) is 11.1 Å². The zero-order valence-electron chi connectivity index (χ0n) is 19.6. The van der Waals surface area contributed by atoms with Crippen molar-refractivity contribution in [2.45, 2.75) is 101 Å². The van der Waals surface area contributed by atoms with Gasteiger partial charge in [-0.05, 0) is 49.8 Å². The zero-order valence-corrected chi connectivity index (χ0v) is 21.2. The molecule has 1 rings (SSSR count). The van der Waals surface area contributed by atoms with E-state index in [9.17, 15) is 17.4 Å². The number of unbranched alkanes of at least 4 members (excludes halogenated alkanes) is 10. The predicted molar refractivity (Wildman–Crippen MR) is 137 cm³/mol. The van der Waals surface area contributed by atoms with E-state index in [1.54, 1.807) is 18.2 Å². The molecule has 0 radical (unpaired) electrons. The maximum absolute atomic E-state index is 12.9. The fourth-order valence-corrected chi connectivity index (χ4v) is 5.13. The molecule has 1 N–H and O–H groups in total. The molecule has 0 saturated carbocycles. The minimum Gasteiger partial charge on any atom is -0.306 e. The van der Waals surface area contributed by atoms with Crippen molar-refractivity contribution in [1.29, 1.82) is 0 Å². The van der Waals surface area contributed by atoms with Gasteiger partial charge in [0.25, 0.3) is 0 Å². The first-order valence-electron chi connectivity index (χ1n) is 12.1. The van der Waals surface area contributed by atoms with Crippen molar-refractivity contribution in [2.75, 3.05) is 0 Å². The van der Waals surface area contributed by atoms with Crippen molar-refractivity contribution in [3.05, 3.63) is 59.3 Å². The summed E-state index contributed by atoms with van der Waals surface area (Å²) in [6.45, 7) is 2.24. The normalized spacial score (nSPS) is 14.8. The average molecular weight is 485 g/mol. The van der Waals surface area contributed by atoms with Crippen molar-refractivity contribution < 1.29 is 17.4 Å². The molecule has 0 fully saturated rings. The van der Waals surface area contributed by atoms with Crippen LogP contribution in [-0.4, -0.2) is 18.2 Å². The Morgan fingerprint density at radius 1 is 0.875 bits per heavy atom. The summed E-state index contributed by atoms with van der Waals surface area (Å²) in [6, 6.07) is 5.89. The Labute approximate surface area is 199 Å². The number of hydrogen-bond acceptors (Lipinski definition) is 2. The first kappa shape index (κ1) is 28.9. The number of rotatable bonds is 19. The second-order valence-electron chi connectivity index (χ2n) is 8.31. The van der Waals surface area contributed by atoms with Gasteiger partial charge in [0.2, 0.25) is 0 Å². The van der Waals surface area contributed by atoms with Crippen molar-refractivity contribution in [3.8, 4) is 0 Å². The lowest BCUT2D eigenvalue weighted by molar-refractivity contribution is 0.543. The molecule has 1 aromatic rings. The van der Waals surface area contributed by atoms with Crippen LogP contribution in [0, 0.1) is 5.82 Å². The van der Waals surface area contributed by atoms with Crippen LogP contribution in [0.3, 0.4) is 0 Å². The molecule has 0 aliphatic rings. The fourth-order valence-electron chi connectivity index (χ4n) is 3.47. The fraction of sp³-hybridized carbons (Fsp3) is 0.615. The SMILES string of the molecule is CCCCCCCCC=CCCCCCCC(C=CS(=O)Cc1ccc(F)cc1)S(=O)O. The number of benzene rings is 1. The minimum atomic E-state index is -1.97. The van der Waals surface area contributed by atoms with Crippen LogP contribution in [0.1, 0.15) is 96.0 Å². The van der Waals surface area contributed by atoms with Crippen LogP contribution in [0.15, 0.2) is 47.9 Å². The summed E-state index contributed by atoms with van der Waals surface area (Å²) < 4.78 is 46.2. The molecule has 3 atom stereocenters. The Balaban J connectivity index is 2.12. The molecule has 182 valence electrons. The Kier molecular flexibility index (Phi) is 17.5. The van der Waals surface area contributed by atoms with Crippen LogP contribution in [0.2, 0.25) is 0 Å². The van der Waals surface area contributed by atoms with Gasteiger partial charge < -0.3 is 4.55 Å². The van der Waals surface area contributed by atoms with Crippen molar-refractivity contribution in [3.63, 3.8) is 0 Å². The molecule has 6 heteroatoms. The third-order valence-corrected chi connectivity index (χ3v) is 7.42. The van der Waals surface area contributed by atoms with Crippen LogP contribution >= 0.6 is 0 Å². The Morgan fingerprint density at radius 3 is 2.03 bits per heavy atom. The van der Waals surface area contributed by atoms with E-state index in [0.29, 0.717) is 6.42 Å². The second kappa shape index (κ2) is 19.4. The van der Waals surface area contributed by atoms with Crippen LogP contribution in [0.5, 0.6) is 0 Å². The van der Waals surface area contributed by atoms with Gasteiger partial charge in [0.1, 0.15) is 5.82 Å². The molecule has 3 unspecified atom stereocenters. The molecule has 0 saturated heterocycles. The third kappa shape index (κ3) is 15.7. The highest BCUT2D eigenvalue weighted by Crippen LogP contribution is 2.14. The van der Waals surface area contributed by atoms with Gasteiger partial charge in [0, 0.05) is 16.2 Å². The molecule has 0 aliphatic carbocycles. The largest absolute Gasteiger partial charge is 0.306 e. The van der Waals surface area contributed by atoms with E-state index >= 15 is 0 Å². The van der Waals surface area contributed by atoms with Gasteiger partial charge >= 0.3 is 0 Å². The first-order chi connectivity index (χ1) is 15.5. The van der Waals surface area contributed by atoms with Crippen molar-refractivity contribution in [1.82, 2.24) is 0 Å². The summed E-state index contributed by atoms with van der Waals surface area (Å²) in [5.41, 5.74) is 0.775. The number of allylic oxidation sites excluding steroid dienone is 2. The van der Waals surface area contributed by atoms with Gasteiger partial charge in [-0.2, -0.15) is 0 Å². The lowest BCUT2D eigenvalue weighted by atomic mass is 10.1. The summed E-state index contributed by atoms with van der Waals surface area (Å²) in [5.74, 6) is -0.0523. The summed E-state index contributed by atoms with van der Waals surface area (Å²) in [5, 5.41) is 1.00. The highest BCUT2D eigenvalue weighted by molar-refractivity contribution is 7.87. The molecule has 0 spiro atoms. The van der Waals surface area contributed by atoms with Gasteiger partial charge in [0.05, 0.1) is 11.0 Å². The Morgan fingerprint density at radius 2 is 1.44 bits per heavy atom. The van der Waals surface area contributed by atoms with Crippen LogP contribution in [0.4, 0.5) is 4.39 Å². The van der Waals surface area contributed by atoms with Gasteiger partial charge in [-0.1, -0.05) is 88.7 Å². The van der Waals surface area contributed by atoms with Crippen molar-refractivity contribution in [2.24, 2.45) is 0 Å². The Bertz CT molecular complexity index is 702. The van der Waals surface area contributed by atoms with Crippen LogP contribution in [-0.2, 0) is 27.6 Å². The summed E-state index contributed by atoms with van der Waals surface area (Å²) in [4.78, 5) is 0. The standard InChI is InChI=1S/C26H41FO3S2/c1-2-3-4-5-6-7-8-9-10-11-12-13-14-15-16-26(32(29)30)21-22-31(28)23-24-17-19-25(27)20-18-24/h9-10,17-22,26H,2-8,11-16,23H2,1H3,(H,29,30). The molecule has 0 aromatic heterocycles. The molecular weight excluding hydrogens is 443 g/mol.